The van der Waals surface area contributed by atoms with Crippen LogP contribution >= 0.6 is 0 Å². The van der Waals surface area contributed by atoms with Gasteiger partial charge in [0.15, 0.2) is 11.5 Å². The van der Waals surface area contributed by atoms with Gasteiger partial charge >= 0.3 is 5.97 Å². The van der Waals surface area contributed by atoms with Crippen molar-refractivity contribution in [3.05, 3.63) is 59.7 Å². The number of amides is 1. The molecule has 0 spiro atoms. The van der Waals surface area contributed by atoms with Gasteiger partial charge in [-0.05, 0) is 42.2 Å². The Bertz CT molecular complexity index is 920. The third-order valence-electron chi connectivity index (χ3n) is 5.04. The minimum Gasteiger partial charge on any atom is -0.486 e. The van der Waals surface area contributed by atoms with Crippen LogP contribution in [0.25, 0.3) is 6.08 Å². The summed E-state index contributed by atoms with van der Waals surface area (Å²) in [7, 11) is 1.33. The molecular weight excluding hydrogens is 394 g/mol. The van der Waals surface area contributed by atoms with Crippen LogP contribution in [0.5, 0.6) is 11.5 Å². The number of hydrogen-bond acceptors (Lipinski definition) is 5. The predicted molar refractivity (Wildman–Crippen MR) is 120 cm³/mol. The van der Waals surface area contributed by atoms with Gasteiger partial charge in [0.2, 0.25) is 5.91 Å². The Morgan fingerprint density at radius 2 is 1.97 bits per heavy atom. The maximum Gasteiger partial charge on any atom is 0.309 e. The first-order chi connectivity index (χ1) is 15.1. The van der Waals surface area contributed by atoms with Crippen LogP contribution in [0.3, 0.4) is 0 Å². The second-order valence-electron chi connectivity index (χ2n) is 7.49. The summed E-state index contributed by atoms with van der Waals surface area (Å²) in [5, 5.41) is 2.83. The lowest BCUT2D eigenvalue weighted by atomic mass is 10.1. The molecule has 31 heavy (non-hydrogen) atoms. The highest BCUT2D eigenvalue weighted by molar-refractivity contribution is 6.03. The number of anilines is 1. The molecular formula is C25H29NO5. The van der Waals surface area contributed by atoms with Crippen LogP contribution in [0.1, 0.15) is 43.7 Å². The number of hydrogen-bond donors (Lipinski definition) is 1. The molecule has 1 N–H and O–H groups in total. The summed E-state index contributed by atoms with van der Waals surface area (Å²) in [5.74, 6) is 0.291. The molecule has 0 saturated heterocycles. The van der Waals surface area contributed by atoms with E-state index in [1.165, 1.54) is 38.0 Å². The van der Waals surface area contributed by atoms with Gasteiger partial charge in [0.25, 0.3) is 0 Å². The lowest BCUT2D eigenvalue weighted by molar-refractivity contribution is -0.143. The van der Waals surface area contributed by atoms with Gasteiger partial charge in [0.1, 0.15) is 12.7 Å². The highest BCUT2D eigenvalue weighted by Gasteiger charge is 2.26. The summed E-state index contributed by atoms with van der Waals surface area (Å²) >= 11 is 0. The van der Waals surface area contributed by atoms with E-state index in [1.807, 2.05) is 12.1 Å². The Morgan fingerprint density at radius 1 is 1.16 bits per heavy atom. The summed E-state index contributed by atoms with van der Waals surface area (Å²) in [6, 6.07) is 13.5. The van der Waals surface area contributed by atoms with Crippen molar-refractivity contribution >= 4 is 23.6 Å². The number of aryl methyl sites for hydroxylation is 1. The van der Waals surface area contributed by atoms with E-state index in [0.717, 1.165) is 12.0 Å². The SMILES string of the molecule is CCCCCc1ccc(C=CC(=O)Nc2cccc3c2OC(CC(=O)OC)CO3)cc1. The summed E-state index contributed by atoms with van der Waals surface area (Å²) < 4.78 is 16.3. The van der Waals surface area contributed by atoms with Crippen LogP contribution in [-0.4, -0.2) is 31.7 Å². The van der Waals surface area contributed by atoms with Crippen LogP contribution < -0.4 is 14.8 Å². The van der Waals surface area contributed by atoms with E-state index in [1.54, 1.807) is 24.3 Å². The van der Waals surface area contributed by atoms with Crippen LogP contribution in [0, 0.1) is 0 Å². The second-order valence-corrected chi connectivity index (χ2v) is 7.49. The van der Waals surface area contributed by atoms with Gasteiger partial charge in [0.05, 0.1) is 19.2 Å². The summed E-state index contributed by atoms with van der Waals surface area (Å²) in [5.41, 5.74) is 2.76. The van der Waals surface area contributed by atoms with E-state index in [2.05, 4.69) is 29.1 Å². The van der Waals surface area contributed by atoms with Crippen LogP contribution in [0.2, 0.25) is 0 Å². The molecule has 1 aliphatic rings. The predicted octanol–water partition coefficient (Wildman–Crippen LogP) is 4.77. The number of unbranched alkanes of at least 4 members (excludes halogenated alkanes) is 2. The lowest BCUT2D eigenvalue weighted by Gasteiger charge is -2.27. The topological polar surface area (TPSA) is 73.9 Å². The van der Waals surface area contributed by atoms with Crippen molar-refractivity contribution in [2.45, 2.75) is 45.1 Å². The number of benzene rings is 2. The Morgan fingerprint density at radius 3 is 2.71 bits per heavy atom. The van der Waals surface area contributed by atoms with Gasteiger partial charge < -0.3 is 19.5 Å². The molecule has 0 bridgehead atoms. The third-order valence-corrected chi connectivity index (χ3v) is 5.04. The van der Waals surface area contributed by atoms with E-state index in [4.69, 9.17) is 9.47 Å². The van der Waals surface area contributed by atoms with Gasteiger partial charge in [-0.3, -0.25) is 9.59 Å². The monoisotopic (exact) mass is 423 g/mol. The summed E-state index contributed by atoms with van der Waals surface area (Å²) in [6.45, 7) is 2.44. The molecule has 0 radical (unpaired) electrons. The Balaban J connectivity index is 1.60. The van der Waals surface area contributed by atoms with Gasteiger partial charge in [-0.1, -0.05) is 50.1 Å². The molecule has 0 aromatic heterocycles. The van der Waals surface area contributed by atoms with Crippen molar-refractivity contribution in [3.63, 3.8) is 0 Å². The number of carbonyl (C=O) groups excluding carboxylic acids is 2. The molecule has 1 aliphatic heterocycles. The number of fused-ring (bicyclic) bond motifs is 1. The normalized spacial score (nSPS) is 15.0. The van der Waals surface area contributed by atoms with Gasteiger partial charge in [0, 0.05) is 6.08 Å². The zero-order valence-corrected chi connectivity index (χ0v) is 18.1. The van der Waals surface area contributed by atoms with Gasteiger partial charge in [-0.25, -0.2) is 0 Å². The van der Waals surface area contributed by atoms with Crippen molar-refractivity contribution in [1.29, 1.82) is 0 Å². The highest BCUT2D eigenvalue weighted by atomic mass is 16.6. The van der Waals surface area contributed by atoms with Crippen molar-refractivity contribution in [2.75, 3.05) is 19.0 Å². The minimum absolute atomic E-state index is 0.0760. The van der Waals surface area contributed by atoms with E-state index < -0.39 is 6.10 Å². The molecule has 0 fully saturated rings. The summed E-state index contributed by atoms with van der Waals surface area (Å²) in [6.07, 6.45) is 7.60. The molecule has 3 rings (SSSR count). The molecule has 0 saturated carbocycles. The van der Waals surface area contributed by atoms with E-state index in [-0.39, 0.29) is 24.9 Å². The van der Waals surface area contributed by atoms with E-state index in [0.29, 0.717) is 17.2 Å². The molecule has 164 valence electrons. The van der Waals surface area contributed by atoms with Gasteiger partial charge in [-0.2, -0.15) is 0 Å². The van der Waals surface area contributed by atoms with Crippen molar-refractivity contribution in [1.82, 2.24) is 0 Å². The molecule has 2 aromatic rings. The van der Waals surface area contributed by atoms with E-state index in [9.17, 15) is 9.59 Å². The lowest BCUT2D eigenvalue weighted by Crippen LogP contribution is -2.32. The maximum atomic E-state index is 12.5. The number of methoxy groups -OCH3 is 1. The maximum absolute atomic E-state index is 12.5. The first-order valence-electron chi connectivity index (χ1n) is 10.7. The molecule has 1 atom stereocenters. The quantitative estimate of drug-likeness (QED) is 0.357. The molecule has 1 heterocycles. The molecule has 0 aliphatic carbocycles. The van der Waals surface area contributed by atoms with Gasteiger partial charge in [-0.15, -0.1) is 0 Å². The smallest absolute Gasteiger partial charge is 0.309 e. The zero-order chi connectivity index (χ0) is 22.1. The molecule has 6 heteroatoms. The van der Waals surface area contributed by atoms with Crippen molar-refractivity contribution in [3.8, 4) is 11.5 Å². The molecule has 1 unspecified atom stereocenters. The highest BCUT2D eigenvalue weighted by Crippen LogP contribution is 2.39. The largest absolute Gasteiger partial charge is 0.486 e. The molecule has 1 amide bonds. The number of carbonyl (C=O) groups is 2. The Hall–Kier alpha value is -3.28. The van der Waals surface area contributed by atoms with Crippen LogP contribution in [0.4, 0.5) is 5.69 Å². The molecule has 2 aromatic carbocycles. The number of esters is 1. The van der Waals surface area contributed by atoms with Crippen LogP contribution in [0.15, 0.2) is 48.5 Å². The Kier molecular flexibility index (Phi) is 8.10. The van der Waals surface area contributed by atoms with Crippen LogP contribution in [-0.2, 0) is 20.7 Å². The number of ether oxygens (including phenoxy) is 3. The fourth-order valence-corrected chi connectivity index (χ4v) is 3.32. The third kappa shape index (κ3) is 6.60. The summed E-state index contributed by atoms with van der Waals surface area (Å²) in [4.78, 5) is 24.0. The molecule has 6 nitrogen and oxygen atoms in total. The number of rotatable bonds is 9. The standard InChI is InChI=1S/C25H29NO5/c1-3-4-5-7-18-10-12-19(13-11-18)14-15-23(27)26-21-8-6-9-22-25(21)31-20(17-30-22)16-24(28)29-2/h6,8-15,20H,3-5,7,16-17H2,1-2H3,(H,26,27). The fourth-order valence-electron chi connectivity index (χ4n) is 3.32. The van der Waals surface area contributed by atoms with Crippen molar-refractivity contribution < 1.29 is 23.8 Å². The van der Waals surface area contributed by atoms with E-state index >= 15 is 0 Å². The Labute approximate surface area is 183 Å². The first kappa shape index (κ1) is 22.4. The van der Waals surface area contributed by atoms with Crippen molar-refractivity contribution in [2.24, 2.45) is 0 Å². The average Bonchev–Trinajstić information content (AvgIpc) is 2.79. The first-order valence-corrected chi connectivity index (χ1v) is 10.7. The minimum atomic E-state index is -0.468. The zero-order valence-electron chi connectivity index (χ0n) is 18.1. The average molecular weight is 424 g/mol. The fraction of sp³-hybridized carbons (Fsp3) is 0.360. The number of para-hydroxylation sites is 1. The number of nitrogens with one attached hydrogen (secondary N) is 1. The second kappa shape index (κ2) is 11.2.